The lowest BCUT2D eigenvalue weighted by atomic mass is 10.0. The molecular weight excluding hydrogens is 773 g/mol. The topological polar surface area (TPSA) is 221 Å². The van der Waals surface area contributed by atoms with Gasteiger partial charge in [-0.15, -0.1) is 37.2 Å². The second kappa shape index (κ2) is 23.0. The van der Waals surface area contributed by atoms with Crippen molar-refractivity contribution in [3.05, 3.63) is 71.7 Å². The number of ether oxygens (including phenoxy) is 1. The molecule has 2 aromatic heterocycles. The quantitative estimate of drug-likeness (QED) is 0.0404. The number of imidazole rings is 1. The minimum Gasteiger partial charge on any atom is -0.494 e. The fraction of sp³-hybridized carbons (Fsp3) is 0.353. The molecule has 1 atom stereocenters. The molecule has 0 aliphatic heterocycles. The molecule has 4 rings (SSSR count). The van der Waals surface area contributed by atoms with Crippen molar-refractivity contribution in [2.75, 3.05) is 38.6 Å². The third-order valence-electron chi connectivity index (χ3n) is 7.87. The van der Waals surface area contributed by atoms with Gasteiger partial charge < -0.3 is 42.2 Å². The molecule has 0 spiro atoms. The summed E-state index contributed by atoms with van der Waals surface area (Å²) in [5.74, 6) is -3.47. The summed E-state index contributed by atoms with van der Waals surface area (Å²) in [5, 5.41) is 30.7. The highest BCUT2D eigenvalue weighted by molar-refractivity contribution is 5.96. The van der Waals surface area contributed by atoms with E-state index in [9.17, 15) is 23.2 Å². The largest absolute Gasteiger partial charge is 0.494 e. The summed E-state index contributed by atoms with van der Waals surface area (Å²) in [6.45, 7) is 3.06. The SMILES string of the molecule is CCc1cc(Nc2nccn3c(-c4ccc(OC)c(F)c4F)cnc23)ccc1C(=O)NCCNC(=O)[C@@H](N)CCCNC(=N)NCCCC(=O)O.Cl.Cl.Cl. The molecule has 0 bridgehead atoms. The Labute approximate surface area is 329 Å². The number of aromatic nitrogens is 3. The van der Waals surface area contributed by atoms with E-state index in [0.29, 0.717) is 67.2 Å². The Balaban J connectivity index is 0.00000486. The van der Waals surface area contributed by atoms with Crippen molar-refractivity contribution in [3.63, 3.8) is 0 Å². The van der Waals surface area contributed by atoms with Crippen LogP contribution < -0.4 is 37.1 Å². The Morgan fingerprint density at radius 3 is 2.35 bits per heavy atom. The van der Waals surface area contributed by atoms with E-state index in [0.717, 1.165) is 5.56 Å². The molecule has 0 unspecified atom stereocenters. The molecular formula is C34H45Cl3F2N10O5. The summed E-state index contributed by atoms with van der Waals surface area (Å²) in [7, 11) is 1.26. The fourth-order valence-corrected chi connectivity index (χ4v) is 5.19. The lowest BCUT2D eigenvalue weighted by Crippen LogP contribution is -2.44. The zero-order valence-electron chi connectivity index (χ0n) is 29.5. The number of halogens is 5. The van der Waals surface area contributed by atoms with Crippen LogP contribution in [0.2, 0.25) is 0 Å². The first-order chi connectivity index (χ1) is 24.5. The molecule has 2 aromatic carbocycles. The first-order valence-electron chi connectivity index (χ1n) is 16.4. The molecule has 0 fully saturated rings. The molecule has 2 heterocycles. The zero-order chi connectivity index (χ0) is 36.9. The molecule has 15 nitrogen and oxygen atoms in total. The maximum absolute atomic E-state index is 14.9. The van der Waals surface area contributed by atoms with E-state index in [2.05, 4.69) is 36.6 Å². The highest BCUT2D eigenvalue weighted by Crippen LogP contribution is 2.31. The normalized spacial score (nSPS) is 10.8. The number of carbonyl (C=O) groups excluding carboxylic acids is 2. The number of anilines is 2. The summed E-state index contributed by atoms with van der Waals surface area (Å²) in [5.41, 5.74) is 8.54. The highest BCUT2D eigenvalue weighted by Gasteiger charge is 2.20. The van der Waals surface area contributed by atoms with Gasteiger partial charge in [-0.1, -0.05) is 6.92 Å². The fourth-order valence-electron chi connectivity index (χ4n) is 5.19. The van der Waals surface area contributed by atoms with E-state index in [1.165, 1.54) is 31.6 Å². The van der Waals surface area contributed by atoms with E-state index in [1.54, 1.807) is 22.7 Å². The Morgan fingerprint density at radius 1 is 0.963 bits per heavy atom. The van der Waals surface area contributed by atoms with Crippen molar-refractivity contribution in [2.24, 2.45) is 5.73 Å². The maximum atomic E-state index is 14.9. The van der Waals surface area contributed by atoms with Gasteiger partial charge >= 0.3 is 5.97 Å². The zero-order valence-corrected chi connectivity index (χ0v) is 32.0. The number of hydrogen-bond donors (Lipinski definition) is 8. The smallest absolute Gasteiger partial charge is 0.303 e. The molecule has 0 saturated carbocycles. The van der Waals surface area contributed by atoms with Crippen molar-refractivity contribution < 1.29 is 33.0 Å². The predicted octanol–water partition coefficient (Wildman–Crippen LogP) is 4.19. The van der Waals surface area contributed by atoms with Gasteiger partial charge in [-0.2, -0.15) is 4.39 Å². The van der Waals surface area contributed by atoms with Gasteiger partial charge in [0.1, 0.15) is 0 Å². The number of nitrogens with zero attached hydrogens (tertiary/aromatic N) is 3. The van der Waals surface area contributed by atoms with Crippen LogP contribution in [0.25, 0.3) is 16.9 Å². The summed E-state index contributed by atoms with van der Waals surface area (Å²) in [6, 6.07) is 7.21. The number of nitrogens with two attached hydrogens (primary N) is 1. The highest BCUT2D eigenvalue weighted by atomic mass is 35.5. The van der Waals surface area contributed by atoms with E-state index in [-0.39, 0.29) is 85.8 Å². The van der Waals surface area contributed by atoms with Crippen LogP contribution in [-0.2, 0) is 16.0 Å². The number of fused-ring (bicyclic) bond motifs is 1. The van der Waals surface area contributed by atoms with E-state index >= 15 is 0 Å². The molecule has 20 heteroatoms. The number of carboxylic acid groups (broad SMARTS) is 1. The van der Waals surface area contributed by atoms with Crippen LogP contribution >= 0.6 is 37.2 Å². The number of rotatable bonds is 18. The van der Waals surface area contributed by atoms with Gasteiger partial charge in [-0.3, -0.25) is 24.2 Å². The van der Waals surface area contributed by atoms with Gasteiger partial charge in [0.05, 0.1) is 25.0 Å². The first-order valence-corrected chi connectivity index (χ1v) is 16.4. The second-order valence-corrected chi connectivity index (χ2v) is 11.4. The van der Waals surface area contributed by atoms with Crippen LogP contribution in [0, 0.1) is 17.0 Å². The number of aryl methyl sites for hydroxylation is 1. The minimum atomic E-state index is -1.10. The third-order valence-corrected chi connectivity index (χ3v) is 7.87. The minimum absolute atomic E-state index is 0. The molecule has 2 amide bonds. The Bertz CT molecular complexity index is 1890. The van der Waals surface area contributed by atoms with Crippen LogP contribution in [0.5, 0.6) is 5.75 Å². The predicted molar refractivity (Wildman–Crippen MR) is 209 cm³/mol. The molecule has 0 aliphatic rings. The third kappa shape index (κ3) is 12.6. The number of hydrogen-bond acceptors (Lipinski definition) is 9. The number of benzene rings is 2. The molecule has 0 aliphatic carbocycles. The Kier molecular flexibility index (Phi) is 20.0. The number of carbonyl (C=O) groups is 3. The lowest BCUT2D eigenvalue weighted by molar-refractivity contribution is -0.137. The molecule has 0 saturated heterocycles. The van der Waals surface area contributed by atoms with Gasteiger partial charge in [-0.05, 0) is 61.6 Å². The van der Waals surface area contributed by atoms with E-state index < -0.39 is 23.6 Å². The van der Waals surface area contributed by atoms with E-state index in [1.807, 2.05) is 13.0 Å². The standard InChI is InChI=1S/C34H42F2N10O5.3ClH/c1-3-20-18-21(45-30-31-44-19-25(46(31)17-16-39-30)23-10-11-26(51-2)29(36)28(23)35)8-9-22(20)32(49)40-14-15-41-33(50)24(37)6-4-12-42-34(38)43-13-5-7-27(47)48;;;/h8-11,16-19,24H,3-7,12-15,37H2,1-2H3,(H,39,45)(H,40,49)(H,41,50)(H,47,48)(H3,38,42,43);3*1H/t24-;;;/m0.../s1. The number of methoxy groups -OCH3 is 1. The second-order valence-electron chi connectivity index (χ2n) is 11.4. The van der Waals surface area contributed by atoms with Crippen molar-refractivity contribution in [2.45, 2.75) is 45.1 Å². The maximum Gasteiger partial charge on any atom is 0.303 e. The van der Waals surface area contributed by atoms with E-state index in [4.69, 9.17) is 21.0 Å². The summed E-state index contributed by atoms with van der Waals surface area (Å²) in [4.78, 5) is 44.7. The summed E-state index contributed by atoms with van der Waals surface area (Å²) in [6.07, 6.45) is 6.42. The van der Waals surface area contributed by atoms with Gasteiger partial charge in [0.15, 0.2) is 29.0 Å². The van der Waals surface area contributed by atoms with Crippen molar-refractivity contribution in [1.82, 2.24) is 35.6 Å². The van der Waals surface area contributed by atoms with Crippen LogP contribution in [0.15, 0.2) is 48.9 Å². The average molecular weight is 818 g/mol. The average Bonchev–Trinajstić information content (AvgIpc) is 3.56. The van der Waals surface area contributed by atoms with Gasteiger partial charge in [0.2, 0.25) is 11.7 Å². The number of carboxylic acids is 1. The van der Waals surface area contributed by atoms with Crippen LogP contribution in [-0.4, -0.2) is 82.5 Å². The van der Waals surface area contributed by atoms with Crippen molar-refractivity contribution in [1.29, 1.82) is 5.41 Å². The number of aliphatic carboxylic acids is 1. The number of guanidine groups is 1. The van der Waals surface area contributed by atoms with Crippen LogP contribution in [0.3, 0.4) is 0 Å². The van der Waals surface area contributed by atoms with Crippen molar-refractivity contribution >= 4 is 78.1 Å². The molecule has 4 aromatic rings. The van der Waals surface area contributed by atoms with Gasteiger partial charge in [0.25, 0.3) is 5.91 Å². The van der Waals surface area contributed by atoms with Crippen LogP contribution in [0.1, 0.15) is 48.5 Å². The van der Waals surface area contributed by atoms with Crippen molar-refractivity contribution in [3.8, 4) is 17.0 Å². The number of amides is 2. The van der Waals surface area contributed by atoms with Gasteiger partial charge in [0, 0.05) is 61.8 Å². The lowest BCUT2D eigenvalue weighted by Gasteiger charge is -2.15. The first kappa shape index (κ1) is 47.1. The molecule has 296 valence electrons. The summed E-state index contributed by atoms with van der Waals surface area (Å²) < 4.78 is 35.7. The Morgan fingerprint density at radius 2 is 1.67 bits per heavy atom. The monoisotopic (exact) mass is 816 g/mol. The summed E-state index contributed by atoms with van der Waals surface area (Å²) >= 11 is 0. The van der Waals surface area contributed by atoms with Crippen LogP contribution in [0.4, 0.5) is 20.3 Å². The van der Waals surface area contributed by atoms with Gasteiger partial charge in [-0.25, -0.2) is 14.4 Å². The molecule has 0 radical (unpaired) electrons. The molecule has 9 N–H and O–H groups in total. The number of nitrogens with one attached hydrogen (secondary N) is 6. The Hall–Kier alpha value is -4.97. The molecule has 54 heavy (non-hydrogen) atoms.